The lowest BCUT2D eigenvalue weighted by Gasteiger charge is -2.34. The Balaban J connectivity index is 1.01. The predicted molar refractivity (Wildman–Crippen MR) is 260 cm³/mol. The third kappa shape index (κ3) is 6.52. The summed E-state index contributed by atoms with van der Waals surface area (Å²) in [6.45, 7) is 0. The zero-order chi connectivity index (χ0) is 41.3. The van der Waals surface area contributed by atoms with Gasteiger partial charge in [-0.05, 0) is 126 Å². The summed E-state index contributed by atoms with van der Waals surface area (Å²) < 4.78 is 0. The third-order valence-electron chi connectivity index (χ3n) is 12.6. The Labute approximate surface area is 364 Å². The highest BCUT2D eigenvalue weighted by Gasteiger charge is 2.45. The second-order valence-electron chi connectivity index (χ2n) is 16.1. The minimum Gasteiger partial charge on any atom is -0.311 e. The molecule has 11 rings (SSSR count). The first-order chi connectivity index (χ1) is 30.7. The highest BCUT2D eigenvalue weighted by Crippen LogP contribution is 2.56. The van der Waals surface area contributed by atoms with Crippen LogP contribution >= 0.6 is 0 Å². The number of hydrogen-bond acceptors (Lipinski definition) is 1. The Morgan fingerprint density at radius 1 is 0.226 bits per heavy atom. The quantitative estimate of drug-likeness (QED) is 0.141. The number of benzene rings is 10. The van der Waals surface area contributed by atoms with Crippen molar-refractivity contribution in [3.05, 3.63) is 283 Å². The van der Waals surface area contributed by atoms with Crippen molar-refractivity contribution >= 4 is 17.1 Å². The Hall–Kier alpha value is -8.00. The molecule has 10 aromatic carbocycles. The Morgan fingerprint density at radius 3 is 0.952 bits per heavy atom. The topological polar surface area (TPSA) is 3.24 Å². The van der Waals surface area contributed by atoms with Gasteiger partial charge in [-0.1, -0.05) is 212 Å². The average molecular weight is 790 g/mol. The molecule has 0 radical (unpaired) electrons. The fourth-order valence-electron chi connectivity index (χ4n) is 9.64. The molecular formula is C61H43N. The van der Waals surface area contributed by atoms with E-state index >= 15 is 0 Å². The van der Waals surface area contributed by atoms with Crippen molar-refractivity contribution in [2.75, 3.05) is 4.90 Å². The minimum absolute atomic E-state index is 0.455. The summed E-state index contributed by atoms with van der Waals surface area (Å²) in [5.41, 5.74) is 20.1. The molecule has 0 spiro atoms. The summed E-state index contributed by atoms with van der Waals surface area (Å²) in [6, 6.07) is 95.1. The smallest absolute Gasteiger partial charge is 0.0713 e. The molecule has 0 fully saturated rings. The first-order valence-corrected chi connectivity index (χ1v) is 21.4. The summed E-state index contributed by atoms with van der Waals surface area (Å²) in [6.07, 6.45) is 0. The Morgan fingerprint density at radius 2 is 0.532 bits per heavy atom. The van der Waals surface area contributed by atoms with Gasteiger partial charge >= 0.3 is 0 Å². The highest BCUT2D eigenvalue weighted by atomic mass is 15.1. The second-order valence-corrected chi connectivity index (χ2v) is 16.1. The number of fused-ring (bicyclic) bond motifs is 3. The first kappa shape index (κ1) is 37.0. The molecule has 1 aliphatic carbocycles. The molecule has 0 saturated heterocycles. The molecule has 0 bridgehead atoms. The van der Waals surface area contributed by atoms with Gasteiger partial charge in [0.2, 0.25) is 0 Å². The lowest BCUT2D eigenvalue weighted by Crippen LogP contribution is -2.28. The molecule has 0 aliphatic heterocycles. The van der Waals surface area contributed by atoms with Gasteiger partial charge in [-0.15, -0.1) is 0 Å². The van der Waals surface area contributed by atoms with Crippen LogP contribution in [-0.2, 0) is 5.41 Å². The van der Waals surface area contributed by atoms with E-state index in [2.05, 4.69) is 266 Å². The zero-order valence-corrected chi connectivity index (χ0v) is 34.3. The van der Waals surface area contributed by atoms with Gasteiger partial charge in [0.15, 0.2) is 0 Å². The van der Waals surface area contributed by atoms with Crippen LogP contribution in [-0.4, -0.2) is 0 Å². The van der Waals surface area contributed by atoms with E-state index < -0.39 is 5.41 Å². The molecule has 0 N–H and O–H groups in total. The maximum atomic E-state index is 2.38. The predicted octanol–water partition coefficient (Wildman–Crippen LogP) is 16.2. The van der Waals surface area contributed by atoms with E-state index in [0.29, 0.717) is 0 Å². The summed E-state index contributed by atoms with van der Waals surface area (Å²) in [4.78, 5) is 2.38. The van der Waals surface area contributed by atoms with E-state index in [1.165, 1.54) is 77.9 Å². The van der Waals surface area contributed by atoms with Crippen LogP contribution in [0.4, 0.5) is 17.1 Å². The van der Waals surface area contributed by atoms with Crippen molar-refractivity contribution in [3.8, 4) is 55.6 Å². The lowest BCUT2D eigenvalue weighted by atomic mass is 9.68. The van der Waals surface area contributed by atoms with Gasteiger partial charge in [-0.25, -0.2) is 0 Å². The summed E-state index contributed by atoms with van der Waals surface area (Å²) in [5.74, 6) is 0. The molecule has 0 amide bonds. The fraction of sp³-hybridized carbons (Fsp3) is 0.0164. The van der Waals surface area contributed by atoms with Crippen LogP contribution in [0.1, 0.15) is 22.3 Å². The van der Waals surface area contributed by atoms with Crippen LogP contribution in [0, 0.1) is 0 Å². The maximum absolute atomic E-state index is 2.38. The summed E-state index contributed by atoms with van der Waals surface area (Å²) in [5, 5.41) is 0. The van der Waals surface area contributed by atoms with Gasteiger partial charge in [0, 0.05) is 17.1 Å². The van der Waals surface area contributed by atoms with Crippen LogP contribution in [0.3, 0.4) is 0 Å². The van der Waals surface area contributed by atoms with Crippen molar-refractivity contribution in [1.29, 1.82) is 0 Å². The van der Waals surface area contributed by atoms with Gasteiger partial charge in [0.1, 0.15) is 0 Å². The molecule has 1 nitrogen and oxygen atoms in total. The fourth-order valence-corrected chi connectivity index (χ4v) is 9.64. The molecule has 0 heterocycles. The molecule has 292 valence electrons. The van der Waals surface area contributed by atoms with Gasteiger partial charge in [0.05, 0.1) is 5.41 Å². The van der Waals surface area contributed by atoms with E-state index in [1.54, 1.807) is 0 Å². The average Bonchev–Trinajstić information content (AvgIpc) is 3.67. The van der Waals surface area contributed by atoms with E-state index in [9.17, 15) is 0 Å². The number of nitrogens with zero attached hydrogens (tertiary/aromatic N) is 1. The molecule has 1 aliphatic rings. The Kier molecular flexibility index (Phi) is 9.48. The molecule has 0 atom stereocenters. The maximum Gasteiger partial charge on any atom is 0.0713 e. The number of rotatable bonds is 9. The summed E-state index contributed by atoms with van der Waals surface area (Å²) >= 11 is 0. The zero-order valence-electron chi connectivity index (χ0n) is 34.3. The molecule has 62 heavy (non-hydrogen) atoms. The molecule has 1 heteroatoms. The van der Waals surface area contributed by atoms with Crippen LogP contribution in [0.2, 0.25) is 0 Å². The molecular weight excluding hydrogens is 747 g/mol. The standard InChI is InChI=1S/C61H43N/c1-4-16-44(17-5-1)48-20-14-22-50(42-48)46-30-36-54(37-31-46)62(55-38-32-47(33-39-55)51-23-15-21-49(43-51)45-18-6-2-7-19-45)56-40-34-53(35-41-56)61(52-24-8-3-9-25-52)59-28-12-10-26-57(59)58-27-11-13-29-60(58)61/h1-43H. The molecule has 10 aromatic rings. The van der Waals surface area contributed by atoms with Gasteiger partial charge < -0.3 is 4.90 Å². The van der Waals surface area contributed by atoms with Gasteiger partial charge in [-0.2, -0.15) is 0 Å². The second kappa shape index (κ2) is 15.9. The molecule has 0 aromatic heterocycles. The third-order valence-corrected chi connectivity index (χ3v) is 12.6. The van der Waals surface area contributed by atoms with Crippen molar-refractivity contribution in [3.63, 3.8) is 0 Å². The van der Waals surface area contributed by atoms with Crippen LogP contribution in [0.25, 0.3) is 55.6 Å². The van der Waals surface area contributed by atoms with Gasteiger partial charge in [0.25, 0.3) is 0 Å². The van der Waals surface area contributed by atoms with Crippen molar-refractivity contribution < 1.29 is 0 Å². The largest absolute Gasteiger partial charge is 0.311 e. The van der Waals surface area contributed by atoms with E-state index in [-0.39, 0.29) is 0 Å². The highest BCUT2D eigenvalue weighted by molar-refractivity contribution is 5.87. The first-order valence-electron chi connectivity index (χ1n) is 21.4. The molecule has 0 unspecified atom stereocenters. The van der Waals surface area contributed by atoms with Gasteiger partial charge in [-0.3, -0.25) is 0 Å². The van der Waals surface area contributed by atoms with E-state index in [0.717, 1.165) is 17.1 Å². The van der Waals surface area contributed by atoms with Crippen LogP contribution < -0.4 is 4.90 Å². The minimum atomic E-state index is -0.455. The van der Waals surface area contributed by atoms with E-state index in [1.807, 2.05) is 0 Å². The van der Waals surface area contributed by atoms with Crippen molar-refractivity contribution in [2.45, 2.75) is 5.41 Å². The summed E-state index contributed by atoms with van der Waals surface area (Å²) in [7, 11) is 0. The monoisotopic (exact) mass is 789 g/mol. The number of hydrogen-bond donors (Lipinski definition) is 0. The van der Waals surface area contributed by atoms with Crippen LogP contribution in [0.5, 0.6) is 0 Å². The van der Waals surface area contributed by atoms with Crippen molar-refractivity contribution in [2.24, 2.45) is 0 Å². The van der Waals surface area contributed by atoms with Crippen LogP contribution in [0.15, 0.2) is 261 Å². The van der Waals surface area contributed by atoms with E-state index in [4.69, 9.17) is 0 Å². The SMILES string of the molecule is c1ccc(-c2cccc(-c3ccc(N(c4ccc(-c5cccc(-c6ccccc6)c5)cc4)c4ccc(C5(c6ccccc6)c6ccccc6-c6ccccc65)cc4)cc3)c2)cc1. The molecule has 0 saturated carbocycles. The Bertz CT molecular complexity index is 2960. The lowest BCUT2D eigenvalue weighted by molar-refractivity contribution is 0.768. The van der Waals surface area contributed by atoms with Crippen molar-refractivity contribution in [1.82, 2.24) is 0 Å². The normalized spacial score (nSPS) is 12.3. The number of anilines is 3.